The Morgan fingerprint density at radius 3 is 2.68 bits per heavy atom. The van der Waals surface area contributed by atoms with Crippen LogP contribution in [0.1, 0.15) is 38.2 Å². The Balaban J connectivity index is 0.00000225. The number of nitrogens with one attached hydrogen (secondary N) is 2. The van der Waals surface area contributed by atoms with E-state index in [1.54, 1.807) is 12.5 Å². The maximum atomic E-state index is 4.47. The van der Waals surface area contributed by atoms with E-state index in [1.165, 1.54) is 25.7 Å². The van der Waals surface area contributed by atoms with Gasteiger partial charge in [-0.05, 0) is 36.3 Å². The van der Waals surface area contributed by atoms with Crippen LogP contribution in [0.5, 0.6) is 0 Å². The van der Waals surface area contributed by atoms with Crippen molar-refractivity contribution in [1.82, 2.24) is 25.2 Å². The van der Waals surface area contributed by atoms with Crippen molar-refractivity contribution < 1.29 is 0 Å². The third kappa shape index (κ3) is 4.93. The van der Waals surface area contributed by atoms with Gasteiger partial charge in [-0.1, -0.05) is 19.4 Å². The number of pyridine rings is 1. The molecule has 0 atom stereocenters. The van der Waals surface area contributed by atoms with Crippen LogP contribution >= 0.6 is 24.0 Å². The molecule has 0 amide bonds. The van der Waals surface area contributed by atoms with Gasteiger partial charge >= 0.3 is 0 Å². The maximum absolute atomic E-state index is 4.47. The first kappa shape index (κ1) is 19.7. The summed E-state index contributed by atoms with van der Waals surface area (Å²) in [6.45, 7) is 3.99. The zero-order chi connectivity index (χ0) is 16.8. The van der Waals surface area contributed by atoms with Crippen LogP contribution in [-0.4, -0.2) is 34.1 Å². The van der Waals surface area contributed by atoms with Gasteiger partial charge in [0.25, 0.3) is 0 Å². The molecule has 1 saturated carbocycles. The van der Waals surface area contributed by atoms with Crippen LogP contribution in [-0.2, 0) is 6.54 Å². The van der Waals surface area contributed by atoms with Gasteiger partial charge in [0, 0.05) is 38.7 Å². The summed E-state index contributed by atoms with van der Waals surface area (Å²) in [6.07, 6.45) is 12.5. The topological polar surface area (TPSA) is 67.1 Å². The number of nitrogens with zero attached hydrogens (tertiary/aromatic N) is 4. The first-order valence-electron chi connectivity index (χ1n) is 8.62. The van der Waals surface area contributed by atoms with Crippen LogP contribution in [0, 0.1) is 5.41 Å². The van der Waals surface area contributed by atoms with E-state index in [-0.39, 0.29) is 24.0 Å². The summed E-state index contributed by atoms with van der Waals surface area (Å²) in [7, 11) is 1.81. The highest BCUT2D eigenvalue weighted by atomic mass is 127. The van der Waals surface area contributed by atoms with E-state index < -0.39 is 0 Å². The molecular weight excluding hydrogens is 427 g/mol. The van der Waals surface area contributed by atoms with Crippen LogP contribution < -0.4 is 10.6 Å². The molecule has 1 fully saturated rings. The summed E-state index contributed by atoms with van der Waals surface area (Å²) < 4.78 is 1.89. The zero-order valence-corrected chi connectivity index (χ0v) is 17.2. The molecule has 0 spiro atoms. The van der Waals surface area contributed by atoms with E-state index in [0.29, 0.717) is 12.0 Å². The van der Waals surface area contributed by atoms with Crippen molar-refractivity contribution in [3.63, 3.8) is 0 Å². The molecular formula is C18H27IN6. The molecule has 136 valence electrons. The summed E-state index contributed by atoms with van der Waals surface area (Å²) in [5.74, 6) is 1.72. The molecule has 6 nitrogen and oxygen atoms in total. The number of rotatable bonds is 6. The Hall–Kier alpha value is -1.64. The Morgan fingerprint density at radius 1 is 1.32 bits per heavy atom. The van der Waals surface area contributed by atoms with Crippen molar-refractivity contribution in [2.24, 2.45) is 10.4 Å². The van der Waals surface area contributed by atoms with Crippen molar-refractivity contribution in [2.45, 2.75) is 39.2 Å². The van der Waals surface area contributed by atoms with Crippen LogP contribution in [0.4, 0.5) is 0 Å². The number of hydrogen-bond donors (Lipinski definition) is 2. The number of halogens is 1. The number of aliphatic imine (C=N–C) groups is 1. The van der Waals surface area contributed by atoms with Crippen molar-refractivity contribution in [1.29, 1.82) is 0 Å². The first-order chi connectivity index (χ1) is 11.7. The number of hydrogen-bond acceptors (Lipinski definition) is 3. The fourth-order valence-electron chi connectivity index (χ4n) is 3.08. The molecule has 0 aliphatic heterocycles. The zero-order valence-electron chi connectivity index (χ0n) is 14.9. The van der Waals surface area contributed by atoms with E-state index >= 15 is 0 Å². The molecule has 1 aliphatic carbocycles. The Labute approximate surface area is 166 Å². The smallest absolute Gasteiger partial charge is 0.191 e. The largest absolute Gasteiger partial charge is 0.356 e. The quantitative estimate of drug-likeness (QED) is 0.400. The third-order valence-corrected chi connectivity index (χ3v) is 5.06. The minimum atomic E-state index is 0. The van der Waals surface area contributed by atoms with Crippen molar-refractivity contribution in [3.05, 3.63) is 42.6 Å². The molecule has 2 aromatic heterocycles. The minimum absolute atomic E-state index is 0. The third-order valence-electron chi connectivity index (χ3n) is 5.06. The van der Waals surface area contributed by atoms with Gasteiger partial charge in [-0.3, -0.25) is 9.56 Å². The summed E-state index contributed by atoms with van der Waals surface area (Å²) in [5, 5.41) is 6.84. The Kier molecular flexibility index (Phi) is 7.22. The predicted octanol–water partition coefficient (Wildman–Crippen LogP) is 3.13. The lowest BCUT2D eigenvalue weighted by Crippen LogP contribution is -2.46. The second kappa shape index (κ2) is 9.17. The number of imidazole rings is 1. The highest BCUT2D eigenvalue weighted by Crippen LogP contribution is 2.42. The fourth-order valence-corrected chi connectivity index (χ4v) is 3.08. The molecule has 3 rings (SSSR count). The lowest BCUT2D eigenvalue weighted by Gasteiger charge is -2.41. The van der Waals surface area contributed by atoms with Crippen molar-refractivity contribution in [3.8, 4) is 5.82 Å². The second-order valence-electron chi connectivity index (χ2n) is 6.48. The maximum Gasteiger partial charge on any atom is 0.191 e. The molecule has 1 aliphatic rings. The van der Waals surface area contributed by atoms with Crippen LogP contribution in [0.2, 0.25) is 0 Å². The van der Waals surface area contributed by atoms with Crippen molar-refractivity contribution >= 4 is 29.9 Å². The van der Waals surface area contributed by atoms with Gasteiger partial charge in [0.2, 0.25) is 0 Å². The van der Waals surface area contributed by atoms with Gasteiger partial charge in [0.1, 0.15) is 12.1 Å². The molecule has 0 saturated heterocycles. The Morgan fingerprint density at radius 2 is 2.16 bits per heavy atom. The average Bonchev–Trinajstić information content (AvgIpc) is 3.12. The highest BCUT2D eigenvalue weighted by Gasteiger charge is 2.34. The highest BCUT2D eigenvalue weighted by molar-refractivity contribution is 14.0. The van der Waals surface area contributed by atoms with E-state index in [9.17, 15) is 0 Å². The molecule has 2 N–H and O–H groups in total. The lowest BCUT2D eigenvalue weighted by molar-refractivity contribution is 0.131. The molecule has 0 unspecified atom stereocenters. The van der Waals surface area contributed by atoms with Crippen LogP contribution in [0.25, 0.3) is 5.82 Å². The standard InChI is InChI=1S/C18H26N6.HI/c1-3-18(7-4-8-18)13-23-17(19-2)22-12-15-5-6-16(21-11-15)24-10-9-20-14-24;/h5-6,9-11,14H,3-4,7-8,12-13H2,1-2H3,(H2,19,22,23);1H. The monoisotopic (exact) mass is 454 g/mol. The van der Waals surface area contributed by atoms with Gasteiger partial charge in [0.05, 0.1) is 0 Å². The molecule has 7 heteroatoms. The lowest BCUT2D eigenvalue weighted by atomic mass is 9.67. The minimum Gasteiger partial charge on any atom is -0.356 e. The predicted molar refractivity (Wildman–Crippen MR) is 112 cm³/mol. The van der Waals surface area contributed by atoms with Crippen LogP contribution in [0.15, 0.2) is 42.0 Å². The number of guanidine groups is 1. The summed E-state index contributed by atoms with van der Waals surface area (Å²) in [4.78, 5) is 12.8. The van der Waals surface area contributed by atoms with E-state index in [0.717, 1.165) is 23.9 Å². The SMILES string of the molecule is CCC1(CNC(=NC)NCc2ccc(-n3ccnc3)nc2)CCC1.I. The molecule has 0 aromatic carbocycles. The fraction of sp³-hybridized carbons (Fsp3) is 0.500. The van der Waals surface area contributed by atoms with Gasteiger partial charge in [0.15, 0.2) is 5.96 Å². The van der Waals surface area contributed by atoms with Gasteiger partial charge in [-0.15, -0.1) is 24.0 Å². The average molecular weight is 454 g/mol. The van der Waals surface area contributed by atoms with Gasteiger partial charge < -0.3 is 10.6 Å². The summed E-state index contributed by atoms with van der Waals surface area (Å²) >= 11 is 0. The van der Waals surface area contributed by atoms with E-state index in [1.807, 2.05) is 30.1 Å². The molecule has 25 heavy (non-hydrogen) atoms. The summed E-state index contributed by atoms with van der Waals surface area (Å²) in [6, 6.07) is 4.07. The van der Waals surface area contributed by atoms with Gasteiger partial charge in [-0.2, -0.15) is 0 Å². The normalized spacial score (nSPS) is 15.8. The Bertz CT molecular complexity index is 656. The molecule has 2 aromatic rings. The molecule has 2 heterocycles. The van der Waals surface area contributed by atoms with Gasteiger partial charge in [-0.25, -0.2) is 9.97 Å². The van der Waals surface area contributed by atoms with E-state index in [4.69, 9.17) is 0 Å². The summed E-state index contributed by atoms with van der Waals surface area (Å²) in [5.41, 5.74) is 1.60. The van der Waals surface area contributed by atoms with E-state index in [2.05, 4.69) is 38.6 Å². The molecule has 0 bridgehead atoms. The first-order valence-corrected chi connectivity index (χ1v) is 8.62. The van der Waals surface area contributed by atoms with Crippen molar-refractivity contribution in [2.75, 3.05) is 13.6 Å². The molecule has 0 radical (unpaired) electrons. The van der Waals surface area contributed by atoms with Crippen LogP contribution in [0.3, 0.4) is 0 Å². The number of aromatic nitrogens is 3. The second-order valence-corrected chi connectivity index (χ2v) is 6.48.